The minimum absolute atomic E-state index is 0.0285. The van der Waals surface area contributed by atoms with Crippen molar-refractivity contribution < 1.29 is 27.8 Å². The number of ether oxygens (including phenoxy) is 1. The number of rotatable bonds is 11. The summed E-state index contributed by atoms with van der Waals surface area (Å²) in [5.41, 5.74) is 1.64. The Morgan fingerprint density at radius 2 is 2.10 bits per heavy atom. The van der Waals surface area contributed by atoms with Gasteiger partial charge in [-0.15, -0.1) is 0 Å². The number of fused-ring (bicyclic) bond motifs is 2. The molecule has 2 atom stereocenters. The molecule has 1 fully saturated rings. The summed E-state index contributed by atoms with van der Waals surface area (Å²) in [6.45, 7) is 4.00. The quantitative estimate of drug-likeness (QED) is 0.282. The standard InChI is InChI=1S/C30H36F3N5O3/c31-30(32,33)22-8-10-25-21(18-22)11-14-35-28(25)37-26(29(39)40)12-17-41-24-6-3-16-38(19-24)15-2-5-23-9-7-20-4-1-13-34-27(20)36-23/h7-11,14,18,24,26H,1-6,12-13,15-17,19H2,(H,34,36)(H,35,37)(H,39,40)/t24-,26+/m1/s1. The molecule has 0 spiro atoms. The number of likely N-dealkylation sites (tertiary alicyclic amines) is 1. The molecule has 0 unspecified atom stereocenters. The lowest BCUT2D eigenvalue weighted by Gasteiger charge is -2.32. The van der Waals surface area contributed by atoms with E-state index in [0.29, 0.717) is 10.8 Å². The van der Waals surface area contributed by atoms with E-state index in [4.69, 9.17) is 9.72 Å². The lowest BCUT2D eigenvalue weighted by Crippen LogP contribution is -2.41. The summed E-state index contributed by atoms with van der Waals surface area (Å²) in [5, 5.41) is 16.8. The molecule has 0 saturated carbocycles. The normalized spacial score (nSPS) is 18.5. The summed E-state index contributed by atoms with van der Waals surface area (Å²) in [4.78, 5) is 23.3. The number of hydrogen-bond acceptors (Lipinski definition) is 7. The number of benzene rings is 1. The Morgan fingerprint density at radius 3 is 2.93 bits per heavy atom. The number of carboxylic acids is 1. The molecule has 1 aromatic carbocycles. The van der Waals surface area contributed by atoms with Gasteiger partial charge in [0, 0.05) is 43.4 Å². The van der Waals surface area contributed by atoms with E-state index < -0.39 is 23.8 Å². The molecular weight excluding hydrogens is 535 g/mol. The van der Waals surface area contributed by atoms with Crippen LogP contribution in [0.25, 0.3) is 10.8 Å². The molecule has 0 bridgehead atoms. The van der Waals surface area contributed by atoms with Crippen LogP contribution in [0.15, 0.2) is 42.6 Å². The smallest absolute Gasteiger partial charge is 0.416 e. The van der Waals surface area contributed by atoms with Gasteiger partial charge in [0.2, 0.25) is 0 Å². The van der Waals surface area contributed by atoms with Crippen molar-refractivity contribution in [1.29, 1.82) is 0 Å². The number of halogens is 3. The molecule has 11 heteroatoms. The van der Waals surface area contributed by atoms with Gasteiger partial charge in [-0.2, -0.15) is 13.2 Å². The molecular formula is C30H36F3N5O3. The van der Waals surface area contributed by atoms with Crippen molar-refractivity contribution in [2.45, 2.75) is 63.3 Å². The number of aliphatic carboxylic acids is 1. The zero-order valence-corrected chi connectivity index (χ0v) is 22.9. The van der Waals surface area contributed by atoms with Crippen LogP contribution in [-0.4, -0.2) is 70.9 Å². The predicted molar refractivity (Wildman–Crippen MR) is 151 cm³/mol. The summed E-state index contributed by atoms with van der Waals surface area (Å²) in [6.07, 6.45) is 3.24. The Bertz CT molecular complexity index is 1350. The molecule has 0 amide bonds. The number of carboxylic acid groups (broad SMARTS) is 1. The summed E-state index contributed by atoms with van der Waals surface area (Å²) >= 11 is 0. The summed E-state index contributed by atoms with van der Waals surface area (Å²) in [6, 6.07) is 8.14. The minimum Gasteiger partial charge on any atom is -0.480 e. The second-order valence-electron chi connectivity index (χ2n) is 10.8. The van der Waals surface area contributed by atoms with Gasteiger partial charge in [-0.1, -0.05) is 12.1 Å². The third-order valence-electron chi connectivity index (χ3n) is 7.78. The van der Waals surface area contributed by atoms with Crippen LogP contribution in [0.5, 0.6) is 0 Å². The number of nitrogens with zero attached hydrogens (tertiary/aromatic N) is 3. The number of anilines is 2. The molecule has 220 valence electrons. The maximum Gasteiger partial charge on any atom is 0.416 e. The van der Waals surface area contributed by atoms with E-state index in [1.54, 1.807) is 0 Å². The highest BCUT2D eigenvalue weighted by Crippen LogP contribution is 2.33. The number of piperidine rings is 1. The van der Waals surface area contributed by atoms with Crippen LogP contribution in [-0.2, 0) is 28.5 Å². The van der Waals surface area contributed by atoms with Gasteiger partial charge in [-0.3, -0.25) is 0 Å². The minimum atomic E-state index is -4.46. The average molecular weight is 572 g/mol. The Morgan fingerprint density at radius 1 is 1.22 bits per heavy atom. The van der Waals surface area contributed by atoms with Crippen molar-refractivity contribution in [3.63, 3.8) is 0 Å². The molecule has 3 N–H and O–H groups in total. The van der Waals surface area contributed by atoms with E-state index in [9.17, 15) is 23.1 Å². The van der Waals surface area contributed by atoms with Crippen molar-refractivity contribution >= 4 is 28.4 Å². The van der Waals surface area contributed by atoms with Gasteiger partial charge in [0.25, 0.3) is 0 Å². The van der Waals surface area contributed by atoms with Crippen molar-refractivity contribution in [3.05, 3.63) is 59.4 Å². The molecule has 1 saturated heterocycles. The van der Waals surface area contributed by atoms with Crippen LogP contribution < -0.4 is 10.6 Å². The number of nitrogens with one attached hydrogen (secondary N) is 2. The number of hydrogen-bond donors (Lipinski definition) is 3. The lowest BCUT2D eigenvalue weighted by molar-refractivity contribution is -0.139. The van der Waals surface area contributed by atoms with Crippen LogP contribution in [0, 0.1) is 0 Å². The SMILES string of the molecule is O=C(O)[C@H](CCO[C@@H]1CCCN(CCCc2ccc3c(n2)NCCC3)C1)Nc1nccc2cc(C(F)(F)F)ccc12. The van der Waals surface area contributed by atoms with Gasteiger partial charge in [0.05, 0.1) is 11.7 Å². The second-order valence-corrected chi connectivity index (χ2v) is 10.8. The monoisotopic (exact) mass is 571 g/mol. The molecule has 2 aliphatic rings. The first-order valence-corrected chi connectivity index (χ1v) is 14.3. The van der Waals surface area contributed by atoms with E-state index in [1.165, 1.54) is 23.9 Å². The summed E-state index contributed by atoms with van der Waals surface area (Å²) in [7, 11) is 0. The van der Waals surface area contributed by atoms with Gasteiger partial charge in [0.1, 0.15) is 17.7 Å². The maximum absolute atomic E-state index is 13.1. The fourth-order valence-corrected chi connectivity index (χ4v) is 5.59. The highest BCUT2D eigenvalue weighted by atomic mass is 19.4. The first-order chi connectivity index (χ1) is 19.8. The van der Waals surface area contributed by atoms with E-state index >= 15 is 0 Å². The van der Waals surface area contributed by atoms with E-state index in [-0.39, 0.29) is 24.9 Å². The van der Waals surface area contributed by atoms with Crippen molar-refractivity contribution in [2.75, 3.05) is 43.4 Å². The zero-order valence-electron chi connectivity index (χ0n) is 22.9. The molecule has 2 aliphatic heterocycles. The molecule has 4 heterocycles. The van der Waals surface area contributed by atoms with E-state index in [2.05, 4.69) is 32.7 Å². The van der Waals surface area contributed by atoms with Crippen molar-refractivity contribution in [2.24, 2.45) is 0 Å². The fourth-order valence-electron chi connectivity index (χ4n) is 5.59. The molecule has 0 aliphatic carbocycles. The topological polar surface area (TPSA) is 99.6 Å². The van der Waals surface area contributed by atoms with Crippen LogP contribution in [0.4, 0.5) is 24.8 Å². The van der Waals surface area contributed by atoms with Gasteiger partial charge in [-0.25, -0.2) is 14.8 Å². The molecule has 2 aromatic heterocycles. The summed E-state index contributed by atoms with van der Waals surface area (Å²) in [5.74, 6) is 0.188. The number of aryl methyl sites for hydroxylation is 2. The largest absolute Gasteiger partial charge is 0.480 e. The molecule has 5 rings (SSSR count). The van der Waals surface area contributed by atoms with Crippen LogP contribution >= 0.6 is 0 Å². The van der Waals surface area contributed by atoms with Gasteiger partial charge in [0.15, 0.2) is 0 Å². The first kappa shape index (κ1) is 29.1. The number of alkyl halides is 3. The van der Waals surface area contributed by atoms with E-state index in [1.807, 2.05) is 0 Å². The predicted octanol–water partition coefficient (Wildman–Crippen LogP) is 5.38. The highest BCUT2D eigenvalue weighted by Gasteiger charge is 2.31. The Hall–Kier alpha value is -3.44. The maximum atomic E-state index is 13.1. The Balaban J connectivity index is 1.09. The average Bonchev–Trinajstić information content (AvgIpc) is 2.96. The van der Waals surface area contributed by atoms with Crippen molar-refractivity contribution in [3.8, 4) is 0 Å². The number of carbonyl (C=O) groups is 1. The lowest BCUT2D eigenvalue weighted by atomic mass is 10.1. The van der Waals surface area contributed by atoms with Crippen LogP contribution in [0.2, 0.25) is 0 Å². The zero-order chi connectivity index (χ0) is 28.8. The fraction of sp³-hybridized carbons (Fsp3) is 0.500. The second kappa shape index (κ2) is 13.0. The summed E-state index contributed by atoms with van der Waals surface area (Å²) < 4.78 is 45.4. The highest BCUT2D eigenvalue weighted by molar-refractivity contribution is 5.93. The van der Waals surface area contributed by atoms with Gasteiger partial charge < -0.3 is 25.4 Å². The molecule has 41 heavy (non-hydrogen) atoms. The molecule has 8 nitrogen and oxygen atoms in total. The first-order valence-electron chi connectivity index (χ1n) is 14.3. The molecule has 0 radical (unpaired) electrons. The Kier molecular flexibility index (Phi) is 9.24. The van der Waals surface area contributed by atoms with Crippen LogP contribution in [0.3, 0.4) is 0 Å². The van der Waals surface area contributed by atoms with E-state index in [0.717, 1.165) is 88.3 Å². The van der Waals surface area contributed by atoms with Gasteiger partial charge in [-0.05, 0) is 86.8 Å². The van der Waals surface area contributed by atoms with Gasteiger partial charge >= 0.3 is 12.1 Å². The number of pyridine rings is 2. The Labute approximate surface area is 237 Å². The third kappa shape index (κ3) is 7.65. The van der Waals surface area contributed by atoms with Crippen LogP contribution in [0.1, 0.15) is 48.9 Å². The third-order valence-corrected chi connectivity index (χ3v) is 7.78. The molecule has 3 aromatic rings. The van der Waals surface area contributed by atoms with Crippen molar-refractivity contribution in [1.82, 2.24) is 14.9 Å². The number of aromatic nitrogens is 2.